The molecule has 0 aromatic rings. The van der Waals surface area contributed by atoms with Gasteiger partial charge in [0.2, 0.25) is 0 Å². The zero-order chi connectivity index (χ0) is 45.4. The van der Waals surface area contributed by atoms with E-state index in [4.69, 9.17) is 23.5 Å². The van der Waals surface area contributed by atoms with Crippen molar-refractivity contribution in [3.8, 4) is 0 Å². The van der Waals surface area contributed by atoms with Crippen molar-refractivity contribution >= 4 is 16.4 Å². The van der Waals surface area contributed by atoms with Gasteiger partial charge in [0.1, 0.15) is 30.5 Å². The Morgan fingerprint density at radius 3 is 1.55 bits per heavy atom. The normalized spacial score (nSPS) is 20.9. The average molecular weight is 893 g/mol. The van der Waals surface area contributed by atoms with Crippen molar-refractivity contribution in [2.75, 3.05) is 26.4 Å². The number of allylic oxidation sites excluding steroid dienone is 16. The number of unbranched alkanes of at least 4 members (excludes halogenated alkanes) is 9. The highest BCUT2D eigenvalue weighted by atomic mass is 32.3. The fourth-order valence-electron chi connectivity index (χ4n) is 6.30. The first-order valence-corrected chi connectivity index (χ1v) is 24.4. The van der Waals surface area contributed by atoms with Gasteiger partial charge in [-0.2, -0.15) is 8.42 Å². The summed E-state index contributed by atoms with van der Waals surface area (Å²) < 4.78 is 59.0. The third-order valence-corrected chi connectivity index (χ3v) is 10.2. The minimum Gasteiger partial charge on any atom is -0.457 e. The largest absolute Gasteiger partial charge is 0.457 e. The molecule has 0 saturated carbocycles. The summed E-state index contributed by atoms with van der Waals surface area (Å²) >= 11 is 0. The fraction of sp³-hybridized carbons (Fsp3) is 0.653. The van der Waals surface area contributed by atoms with Crippen LogP contribution in [0, 0.1) is 0 Å². The van der Waals surface area contributed by atoms with Crippen molar-refractivity contribution in [1.82, 2.24) is 0 Å². The Labute approximate surface area is 374 Å². The summed E-state index contributed by atoms with van der Waals surface area (Å²) in [6.07, 6.45) is 44.4. The van der Waals surface area contributed by atoms with Crippen LogP contribution in [-0.4, -0.2) is 97.5 Å². The Hall–Kier alpha value is -2.98. The molecule has 1 aliphatic heterocycles. The van der Waals surface area contributed by atoms with E-state index in [9.17, 15) is 28.5 Å². The van der Waals surface area contributed by atoms with Crippen molar-refractivity contribution in [3.63, 3.8) is 0 Å². The molecule has 0 radical (unpaired) electrons. The number of hydrogen-bond donors (Lipinski definition) is 4. The number of ether oxygens (including phenoxy) is 4. The summed E-state index contributed by atoms with van der Waals surface area (Å²) in [6, 6.07) is 0. The van der Waals surface area contributed by atoms with E-state index in [1.54, 1.807) is 0 Å². The summed E-state index contributed by atoms with van der Waals surface area (Å²) in [5, 5.41) is 30.7. The summed E-state index contributed by atoms with van der Waals surface area (Å²) in [4.78, 5) is 12.9. The number of rotatable bonds is 38. The number of aliphatic hydroxyl groups excluding tert-OH is 3. The second-order valence-corrected chi connectivity index (χ2v) is 16.3. The van der Waals surface area contributed by atoms with Gasteiger partial charge in [-0.1, -0.05) is 143 Å². The molecule has 12 nitrogen and oxygen atoms in total. The molecular formula is C49H80O12S. The summed E-state index contributed by atoms with van der Waals surface area (Å²) in [5.74, 6) is -0.430. The van der Waals surface area contributed by atoms with Crippen LogP contribution in [0.15, 0.2) is 97.2 Å². The van der Waals surface area contributed by atoms with Crippen molar-refractivity contribution < 1.29 is 56.2 Å². The van der Waals surface area contributed by atoms with Gasteiger partial charge in [-0.15, -0.1) is 0 Å². The molecular weight excluding hydrogens is 813 g/mol. The Morgan fingerprint density at radius 1 is 0.613 bits per heavy atom. The molecule has 6 atom stereocenters. The minimum atomic E-state index is -5.08. The van der Waals surface area contributed by atoms with E-state index in [1.807, 2.05) is 0 Å². The number of hydrogen-bond acceptors (Lipinski definition) is 11. The van der Waals surface area contributed by atoms with Crippen LogP contribution in [-0.2, 0) is 38.3 Å². The molecule has 62 heavy (non-hydrogen) atoms. The third-order valence-electron chi connectivity index (χ3n) is 9.70. The van der Waals surface area contributed by atoms with Gasteiger partial charge >= 0.3 is 16.4 Å². The zero-order valence-corrected chi connectivity index (χ0v) is 38.5. The van der Waals surface area contributed by atoms with Crippen LogP contribution in [0.4, 0.5) is 0 Å². The van der Waals surface area contributed by atoms with Gasteiger partial charge in [0, 0.05) is 13.0 Å². The standard InChI is InChI=1S/C49H80O12S/c1-3-5-7-9-11-13-15-17-19-21-23-25-27-29-31-33-35-37-39-57-41-43(42-58-49-47(53)48(61-62(54,55)56)46(52)44(40-50)60-49)59-45(51)38-36-34-32-30-28-26-24-22-20-18-16-14-12-10-8-6-4-2/h5-8,11-14,17-20,23,25,29,31,43-44,46-50,52-53H,3-4,9-10,15-16,21-22,24,26-28,30,32-42H2,1-2H3,(H,54,55,56)/b7-5-,8-6-,13-11-,14-12-,19-17-,20-18-,25-23-,31-29-. The van der Waals surface area contributed by atoms with E-state index in [0.29, 0.717) is 13.0 Å². The van der Waals surface area contributed by atoms with E-state index in [-0.39, 0.29) is 19.6 Å². The second-order valence-electron chi connectivity index (χ2n) is 15.2. The number of aliphatic hydroxyl groups is 3. The van der Waals surface area contributed by atoms with Gasteiger partial charge < -0.3 is 34.3 Å². The first kappa shape index (κ1) is 57.0. The van der Waals surface area contributed by atoms with Gasteiger partial charge in [0.15, 0.2) is 6.29 Å². The van der Waals surface area contributed by atoms with Gasteiger partial charge in [-0.05, 0) is 89.9 Å². The van der Waals surface area contributed by atoms with E-state index < -0.39 is 59.8 Å². The van der Waals surface area contributed by atoms with Crippen LogP contribution in [0.25, 0.3) is 0 Å². The lowest BCUT2D eigenvalue weighted by Gasteiger charge is -2.41. The Balaban J connectivity index is 2.47. The van der Waals surface area contributed by atoms with Crippen LogP contribution in [0.3, 0.4) is 0 Å². The molecule has 354 valence electrons. The fourth-order valence-corrected chi connectivity index (χ4v) is 6.81. The number of esters is 1. The predicted molar refractivity (Wildman–Crippen MR) is 248 cm³/mol. The van der Waals surface area contributed by atoms with Crippen molar-refractivity contribution in [2.45, 2.75) is 179 Å². The van der Waals surface area contributed by atoms with E-state index >= 15 is 0 Å². The van der Waals surface area contributed by atoms with E-state index in [2.05, 4.69) is 115 Å². The van der Waals surface area contributed by atoms with Crippen LogP contribution in [0.5, 0.6) is 0 Å². The topological polar surface area (TPSA) is 178 Å². The number of carbonyl (C=O) groups excluding carboxylic acids is 1. The highest BCUT2D eigenvalue weighted by molar-refractivity contribution is 7.80. The molecule has 0 aromatic carbocycles. The highest BCUT2D eigenvalue weighted by Crippen LogP contribution is 2.26. The maximum absolute atomic E-state index is 12.9. The lowest BCUT2D eigenvalue weighted by atomic mass is 9.99. The summed E-state index contributed by atoms with van der Waals surface area (Å²) in [7, 11) is -5.08. The number of carbonyl (C=O) groups is 1. The quantitative estimate of drug-likeness (QED) is 0.0200. The van der Waals surface area contributed by atoms with Crippen LogP contribution < -0.4 is 0 Å². The SMILES string of the molecule is CC/C=C\C/C=C\C/C=C\C/C=C\C/C=C\CCCCOCC(COC1OC(CO)C(O)C(OS(=O)(=O)O)C1O)OC(=O)CCCCCCCCC/C=C\C/C=C\C/C=C\CC. The molecule has 0 aliphatic carbocycles. The molecule has 0 spiro atoms. The molecule has 0 aromatic heterocycles. The molecule has 13 heteroatoms. The summed E-state index contributed by atoms with van der Waals surface area (Å²) in [5.41, 5.74) is 0. The predicted octanol–water partition coefficient (Wildman–Crippen LogP) is 9.85. The molecule has 0 amide bonds. The molecule has 1 fully saturated rings. The molecule has 1 rings (SSSR count). The highest BCUT2D eigenvalue weighted by Gasteiger charge is 2.48. The van der Waals surface area contributed by atoms with E-state index in [1.165, 1.54) is 12.8 Å². The van der Waals surface area contributed by atoms with Crippen LogP contribution >= 0.6 is 0 Å². The Morgan fingerprint density at radius 2 is 1.06 bits per heavy atom. The second kappa shape index (κ2) is 39.6. The van der Waals surface area contributed by atoms with Crippen molar-refractivity contribution in [3.05, 3.63) is 97.2 Å². The average Bonchev–Trinajstić information content (AvgIpc) is 3.24. The summed E-state index contributed by atoms with van der Waals surface area (Å²) in [6.45, 7) is 3.62. The van der Waals surface area contributed by atoms with Crippen LogP contribution in [0.1, 0.15) is 142 Å². The molecule has 4 N–H and O–H groups in total. The maximum atomic E-state index is 12.9. The van der Waals surface area contributed by atoms with Crippen molar-refractivity contribution in [1.29, 1.82) is 0 Å². The minimum absolute atomic E-state index is 0.00421. The maximum Gasteiger partial charge on any atom is 0.397 e. The molecule has 0 bridgehead atoms. The van der Waals surface area contributed by atoms with Gasteiger partial charge in [-0.25, -0.2) is 4.18 Å². The smallest absolute Gasteiger partial charge is 0.397 e. The lowest BCUT2D eigenvalue weighted by Crippen LogP contribution is -2.60. The van der Waals surface area contributed by atoms with Gasteiger partial charge in [-0.3, -0.25) is 9.35 Å². The lowest BCUT2D eigenvalue weighted by molar-refractivity contribution is -0.301. The van der Waals surface area contributed by atoms with Crippen LogP contribution in [0.2, 0.25) is 0 Å². The Bertz CT molecular complexity index is 1450. The monoisotopic (exact) mass is 893 g/mol. The molecule has 1 heterocycles. The zero-order valence-electron chi connectivity index (χ0n) is 37.6. The molecule has 6 unspecified atom stereocenters. The third kappa shape index (κ3) is 32.7. The van der Waals surface area contributed by atoms with Gasteiger partial charge in [0.05, 0.1) is 19.8 Å². The molecule has 1 saturated heterocycles. The van der Waals surface area contributed by atoms with Crippen molar-refractivity contribution in [2.24, 2.45) is 0 Å². The Kier molecular flexibility index (Phi) is 36.4. The van der Waals surface area contributed by atoms with Gasteiger partial charge in [0.25, 0.3) is 0 Å². The molecule has 1 aliphatic rings. The van der Waals surface area contributed by atoms with E-state index in [0.717, 1.165) is 103 Å². The first-order valence-electron chi connectivity index (χ1n) is 23.0. The first-order chi connectivity index (χ1) is 30.1.